The molecule has 0 saturated heterocycles. The molecule has 1 atom stereocenters. The Morgan fingerprint density at radius 2 is 2.03 bits per heavy atom. The monoisotopic (exact) mass is 455 g/mol. The number of nitrogens with one attached hydrogen (secondary N) is 1. The van der Waals surface area contributed by atoms with Crippen LogP contribution < -0.4 is 5.56 Å². The van der Waals surface area contributed by atoms with Crippen molar-refractivity contribution in [3.05, 3.63) is 50.9 Å². The highest BCUT2D eigenvalue weighted by Crippen LogP contribution is 2.33. The van der Waals surface area contributed by atoms with Crippen molar-refractivity contribution in [2.24, 2.45) is 0 Å². The predicted molar refractivity (Wildman–Crippen MR) is 130 cm³/mol. The zero-order chi connectivity index (χ0) is 22.7. The van der Waals surface area contributed by atoms with E-state index >= 15 is 0 Å². The zero-order valence-corrected chi connectivity index (χ0v) is 20.0. The van der Waals surface area contributed by atoms with E-state index in [2.05, 4.69) is 41.9 Å². The molecule has 1 fully saturated rings. The molecule has 1 aliphatic rings. The van der Waals surface area contributed by atoms with Gasteiger partial charge in [-0.25, -0.2) is 4.98 Å². The first-order valence-corrected chi connectivity index (χ1v) is 12.3. The van der Waals surface area contributed by atoms with Gasteiger partial charge in [0.05, 0.1) is 24.6 Å². The lowest BCUT2D eigenvalue weighted by Crippen LogP contribution is -2.42. The van der Waals surface area contributed by atoms with Gasteiger partial charge in [-0.05, 0) is 37.8 Å². The van der Waals surface area contributed by atoms with Crippen LogP contribution in [0.15, 0.2) is 28.4 Å². The number of aliphatic hydroxyl groups excluding tert-OH is 1. The van der Waals surface area contributed by atoms with E-state index in [0.717, 1.165) is 34.4 Å². The van der Waals surface area contributed by atoms with E-state index in [1.165, 1.54) is 36.2 Å². The number of H-pyrrole nitrogens is 1. The summed E-state index contributed by atoms with van der Waals surface area (Å²) in [5.74, 6) is 0.659. The van der Waals surface area contributed by atoms with Crippen molar-refractivity contribution in [2.75, 3.05) is 20.3 Å². The molecule has 0 radical (unpaired) electrons. The highest BCUT2D eigenvalue weighted by Gasteiger charge is 2.25. The minimum atomic E-state index is -0.560. The lowest BCUT2D eigenvalue weighted by Gasteiger charge is -2.35. The van der Waals surface area contributed by atoms with E-state index < -0.39 is 6.10 Å². The van der Waals surface area contributed by atoms with E-state index in [-0.39, 0.29) is 5.56 Å². The number of methoxy groups -OCH3 is 1. The van der Waals surface area contributed by atoms with Crippen molar-refractivity contribution in [1.29, 1.82) is 0 Å². The van der Waals surface area contributed by atoms with Gasteiger partial charge in [0.15, 0.2) is 0 Å². The Labute approximate surface area is 193 Å². The summed E-state index contributed by atoms with van der Waals surface area (Å²) in [6, 6.07) is 6.71. The Balaban J connectivity index is 1.65. The minimum absolute atomic E-state index is 0.0943. The number of aryl methyl sites for hydroxylation is 2. The molecule has 1 unspecified atom stereocenters. The van der Waals surface area contributed by atoms with E-state index in [0.29, 0.717) is 36.9 Å². The lowest BCUT2D eigenvalue weighted by molar-refractivity contribution is 0.0173. The zero-order valence-electron chi connectivity index (χ0n) is 19.2. The molecule has 4 rings (SSSR count). The van der Waals surface area contributed by atoms with Gasteiger partial charge in [0.1, 0.15) is 10.7 Å². The first kappa shape index (κ1) is 23.1. The summed E-state index contributed by atoms with van der Waals surface area (Å²) in [5.41, 5.74) is 4.26. The van der Waals surface area contributed by atoms with Gasteiger partial charge in [0, 0.05) is 30.6 Å². The molecule has 2 N–H and O–H groups in total. The molecule has 0 bridgehead atoms. The van der Waals surface area contributed by atoms with Crippen LogP contribution in [0.3, 0.4) is 0 Å². The Hall–Kier alpha value is -2.06. The molecule has 0 spiro atoms. The van der Waals surface area contributed by atoms with Gasteiger partial charge in [-0.15, -0.1) is 11.3 Å². The number of hydrogen-bond donors (Lipinski definition) is 2. The third-order valence-corrected chi connectivity index (χ3v) is 7.30. The van der Waals surface area contributed by atoms with Crippen molar-refractivity contribution >= 4 is 21.6 Å². The van der Waals surface area contributed by atoms with Crippen LogP contribution in [0.2, 0.25) is 0 Å². The molecule has 2 heterocycles. The summed E-state index contributed by atoms with van der Waals surface area (Å²) in [5, 5.41) is 13.1. The summed E-state index contributed by atoms with van der Waals surface area (Å²) >= 11 is 1.52. The topological polar surface area (TPSA) is 78.5 Å². The third kappa shape index (κ3) is 5.12. The fourth-order valence-corrected chi connectivity index (χ4v) is 5.75. The van der Waals surface area contributed by atoms with Gasteiger partial charge in [0.2, 0.25) is 0 Å². The first-order valence-electron chi connectivity index (χ1n) is 11.5. The highest BCUT2D eigenvalue weighted by atomic mass is 32.1. The molecular weight excluding hydrogens is 422 g/mol. The van der Waals surface area contributed by atoms with Gasteiger partial charge in [-0.1, -0.05) is 43.0 Å². The van der Waals surface area contributed by atoms with Crippen molar-refractivity contribution in [3.8, 4) is 11.1 Å². The van der Waals surface area contributed by atoms with Crippen molar-refractivity contribution in [2.45, 2.75) is 64.6 Å². The van der Waals surface area contributed by atoms with Crippen LogP contribution in [0, 0.1) is 13.8 Å². The molecule has 0 aliphatic heterocycles. The second-order valence-corrected chi connectivity index (χ2v) is 9.85. The molecule has 3 aromatic rings. The summed E-state index contributed by atoms with van der Waals surface area (Å²) in [6.07, 6.45) is 5.34. The lowest BCUT2D eigenvalue weighted by atomic mass is 9.94. The number of aliphatic hydroxyl groups is 1. The van der Waals surface area contributed by atoms with Crippen molar-refractivity contribution < 1.29 is 9.84 Å². The molecule has 0 amide bonds. The maximum absolute atomic E-state index is 13.2. The number of thiophene rings is 1. The van der Waals surface area contributed by atoms with Crippen LogP contribution in [0.25, 0.3) is 21.3 Å². The van der Waals surface area contributed by atoms with Crippen LogP contribution in [-0.2, 0) is 11.3 Å². The summed E-state index contributed by atoms with van der Waals surface area (Å²) in [7, 11) is 1.60. The molecular formula is C25H33N3O3S. The summed E-state index contributed by atoms with van der Waals surface area (Å²) in [6.45, 7) is 5.47. The van der Waals surface area contributed by atoms with Crippen LogP contribution in [0.4, 0.5) is 0 Å². The number of aromatic nitrogens is 2. The predicted octanol–water partition coefficient (Wildman–Crippen LogP) is 4.41. The number of benzene rings is 1. The highest BCUT2D eigenvalue weighted by molar-refractivity contribution is 7.17. The molecule has 6 nitrogen and oxygen atoms in total. The fourth-order valence-electron chi connectivity index (χ4n) is 4.79. The van der Waals surface area contributed by atoms with Crippen LogP contribution in [0.1, 0.15) is 49.1 Å². The average Bonchev–Trinajstić information content (AvgIpc) is 3.20. The van der Waals surface area contributed by atoms with Crippen molar-refractivity contribution in [1.82, 2.24) is 14.9 Å². The normalized spacial score (nSPS) is 16.2. The third-order valence-electron chi connectivity index (χ3n) is 6.42. The van der Waals surface area contributed by atoms with E-state index in [1.54, 1.807) is 7.11 Å². The molecule has 2 aromatic heterocycles. The molecule has 1 saturated carbocycles. The number of hydrogen-bond acceptors (Lipinski definition) is 6. The molecule has 1 aromatic carbocycles. The van der Waals surface area contributed by atoms with Crippen LogP contribution in [0.5, 0.6) is 0 Å². The van der Waals surface area contributed by atoms with E-state index in [4.69, 9.17) is 9.72 Å². The second-order valence-electron chi connectivity index (χ2n) is 8.99. The van der Waals surface area contributed by atoms with Gasteiger partial charge >= 0.3 is 0 Å². The number of fused-ring (bicyclic) bond motifs is 1. The molecule has 32 heavy (non-hydrogen) atoms. The Morgan fingerprint density at radius 3 is 2.78 bits per heavy atom. The smallest absolute Gasteiger partial charge is 0.260 e. The number of ether oxygens (including phenoxy) is 1. The standard InChI is InChI=1S/C25H33N3O3S/c1-16-9-10-17(2)20(11-16)21-15-32-25-23(21)24(30)26-22(27-25)13-28(12-19(29)14-31-3)18-7-5-4-6-8-18/h9-11,15,18-19,29H,4-8,12-14H2,1-3H3,(H,26,27,30). The largest absolute Gasteiger partial charge is 0.389 e. The Bertz CT molecular complexity index is 1120. The minimum Gasteiger partial charge on any atom is -0.389 e. The van der Waals surface area contributed by atoms with Crippen LogP contribution >= 0.6 is 11.3 Å². The number of nitrogens with zero attached hydrogens (tertiary/aromatic N) is 2. The maximum atomic E-state index is 13.2. The second kappa shape index (κ2) is 10.3. The number of rotatable bonds is 8. The van der Waals surface area contributed by atoms with Gasteiger partial charge in [0.25, 0.3) is 5.56 Å². The van der Waals surface area contributed by atoms with Gasteiger partial charge in [-0.3, -0.25) is 9.69 Å². The first-order chi connectivity index (χ1) is 15.5. The van der Waals surface area contributed by atoms with Crippen LogP contribution in [-0.4, -0.2) is 52.4 Å². The SMILES string of the molecule is COCC(O)CN(Cc1nc2scc(-c3cc(C)ccc3C)c2c(=O)[nH]1)C1CCCCC1. The molecule has 7 heteroatoms. The van der Waals surface area contributed by atoms with Gasteiger partial charge in [-0.2, -0.15) is 0 Å². The fraction of sp³-hybridized carbons (Fsp3) is 0.520. The summed E-state index contributed by atoms with van der Waals surface area (Å²) in [4.78, 5) is 24.1. The number of aromatic amines is 1. The maximum Gasteiger partial charge on any atom is 0.260 e. The Kier molecular flexibility index (Phi) is 7.40. The molecule has 1 aliphatic carbocycles. The Morgan fingerprint density at radius 1 is 1.25 bits per heavy atom. The van der Waals surface area contributed by atoms with Gasteiger partial charge < -0.3 is 14.8 Å². The van der Waals surface area contributed by atoms with Crippen molar-refractivity contribution in [3.63, 3.8) is 0 Å². The average molecular weight is 456 g/mol. The quantitative estimate of drug-likeness (QED) is 0.526. The molecule has 172 valence electrons. The van der Waals surface area contributed by atoms with E-state index in [1.807, 2.05) is 5.38 Å². The summed E-state index contributed by atoms with van der Waals surface area (Å²) < 4.78 is 5.13. The van der Waals surface area contributed by atoms with E-state index in [9.17, 15) is 9.90 Å².